The van der Waals surface area contributed by atoms with Crippen LogP contribution in [0.1, 0.15) is 0 Å². The molecule has 7 heteroatoms. The maximum Gasteiger partial charge on any atom is 0.140 e. The number of aromatic nitrogens is 2. The summed E-state index contributed by atoms with van der Waals surface area (Å²) in [5.41, 5.74) is 3.41. The summed E-state index contributed by atoms with van der Waals surface area (Å²) in [6.45, 7) is 0. The zero-order chi connectivity index (χ0) is 19.8. The number of nitrogens with zero attached hydrogens (tertiary/aromatic N) is 1. The number of H-pyrrole nitrogens is 1. The van der Waals surface area contributed by atoms with Crippen molar-refractivity contribution in [1.29, 1.82) is 0 Å². The van der Waals surface area contributed by atoms with Gasteiger partial charge in [-0.15, -0.1) is 0 Å². The number of aromatic amines is 1. The van der Waals surface area contributed by atoms with E-state index in [4.69, 9.17) is 63.0 Å². The maximum absolute atomic E-state index is 6.48. The van der Waals surface area contributed by atoms with Gasteiger partial charge in [-0.3, -0.25) is 0 Å². The van der Waals surface area contributed by atoms with Gasteiger partial charge in [0.15, 0.2) is 0 Å². The van der Waals surface area contributed by atoms with Crippen LogP contribution in [0, 0.1) is 0 Å². The molecule has 0 aliphatic carbocycles. The third-order valence-electron chi connectivity index (χ3n) is 4.26. The minimum absolute atomic E-state index is 0.403. The smallest absolute Gasteiger partial charge is 0.140 e. The molecule has 0 saturated carbocycles. The van der Waals surface area contributed by atoms with E-state index >= 15 is 0 Å². The highest BCUT2D eigenvalue weighted by atomic mass is 35.5. The van der Waals surface area contributed by atoms with E-state index in [1.807, 2.05) is 42.5 Å². The van der Waals surface area contributed by atoms with Crippen LogP contribution in [0.4, 0.5) is 0 Å². The molecule has 28 heavy (non-hydrogen) atoms. The Morgan fingerprint density at radius 2 is 1.11 bits per heavy atom. The first-order chi connectivity index (χ1) is 13.5. The number of halogens is 5. The number of imidazole rings is 1. The molecule has 0 radical (unpaired) electrons. The summed E-state index contributed by atoms with van der Waals surface area (Å²) >= 11 is 31.8. The van der Waals surface area contributed by atoms with E-state index in [2.05, 4.69) is 4.98 Å². The third kappa shape index (κ3) is 3.52. The lowest BCUT2D eigenvalue weighted by atomic mass is 10.0. The summed E-state index contributed by atoms with van der Waals surface area (Å²) < 4.78 is 0. The van der Waals surface area contributed by atoms with E-state index in [0.717, 1.165) is 5.56 Å². The van der Waals surface area contributed by atoms with Crippen LogP contribution in [0.25, 0.3) is 33.9 Å². The van der Waals surface area contributed by atoms with Crippen molar-refractivity contribution >= 4 is 58.0 Å². The van der Waals surface area contributed by atoms with Crippen LogP contribution in [0.15, 0.2) is 60.7 Å². The molecule has 4 aromatic rings. The average molecular weight is 469 g/mol. The molecule has 0 aliphatic heterocycles. The predicted molar refractivity (Wildman–Crippen MR) is 120 cm³/mol. The SMILES string of the molecule is Clc1ccccc1-c1nc(-c2cccc(Cl)c2Cl)c(-c2cccc(Cl)c2Cl)[nH]1. The molecule has 4 rings (SSSR count). The van der Waals surface area contributed by atoms with Crippen molar-refractivity contribution in [3.63, 3.8) is 0 Å². The zero-order valence-corrected chi connectivity index (χ0v) is 17.9. The van der Waals surface area contributed by atoms with Crippen LogP contribution < -0.4 is 0 Å². The minimum atomic E-state index is 0.403. The van der Waals surface area contributed by atoms with Crippen molar-refractivity contribution in [1.82, 2.24) is 9.97 Å². The highest BCUT2D eigenvalue weighted by Gasteiger charge is 2.21. The van der Waals surface area contributed by atoms with E-state index in [-0.39, 0.29) is 0 Å². The number of rotatable bonds is 3. The van der Waals surface area contributed by atoms with Gasteiger partial charge in [0.25, 0.3) is 0 Å². The summed E-state index contributed by atoms with van der Waals surface area (Å²) in [5, 5.41) is 2.27. The largest absolute Gasteiger partial charge is 0.337 e. The second-order valence-corrected chi connectivity index (χ2v) is 7.97. The second kappa shape index (κ2) is 7.98. The van der Waals surface area contributed by atoms with E-state index in [9.17, 15) is 0 Å². The highest BCUT2D eigenvalue weighted by molar-refractivity contribution is 6.44. The summed E-state index contributed by atoms with van der Waals surface area (Å²) in [7, 11) is 0. The summed E-state index contributed by atoms with van der Waals surface area (Å²) in [6.07, 6.45) is 0. The lowest BCUT2D eigenvalue weighted by Crippen LogP contribution is -1.87. The Balaban J connectivity index is 2.02. The molecule has 0 saturated heterocycles. The quantitative estimate of drug-likeness (QED) is 0.320. The Labute approximate surface area is 187 Å². The summed E-state index contributed by atoms with van der Waals surface area (Å²) in [6, 6.07) is 18.2. The van der Waals surface area contributed by atoms with E-state index < -0.39 is 0 Å². The number of nitrogens with one attached hydrogen (secondary N) is 1. The molecule has 2 nitrogen and oxygen atoms in total. The zero-order valence-electron chi connectivity index (χ0n) is 14.1. The van der Waals surface area contributed by atoms with Crippen LogP contribution in [0.5, 0.6) is 0 Å². The van der Waals surface area contributed by atoms with Crippen LogP contribution in [-0.4, -0.2) is 9.97 Å². The van der Waals surface area contributed by atoms with Crippen LogP contribution in [0.3, 0.4) is 0 Å². The average Bonchev–Trinajstić information content (AvgIpc) is 3.11. The maximum atomic E-state index is 6.48. The Bertz CT molecular complexity index is 1110. The van der Waals surface area contributed by atoms with Crippen LogP contribution in [-0.2, 0) is 0 Å². The van der Waals surface area contributed by atoms with E-state index in [1.165, 1.54) is 0 Å². The van der Waals surface area contributed by atoms with Gasteiger partial charge >= 0.3 is 0 Å². The van der Waals surface area contributed by atoms with Gasteiger partial charge in [0.05, 0.1) is 36.5 Å². The lowest BCUT2D eigenvalue weighted by Gasteiger charge is -2.08. The van der Waals surface area contributed by atoms with Crippen molar-refractivity contribution in [2.45, 2.75) is 0 Å². The van der Waals surface area contributed by atoms with Gasteiger partial charge in [-0.2, -0.15) is 0 Å². The normalized spacial score (nSPS) is 11.0. The predicted octanol–water partition coefficient (Wildman–Crippen LogP) is 8.68. The molecule has 0 unspecified atom stereocenters. The summed E-state index contributed by atoms with van der Waals surface area (Å²) in [5.74, 6) is 0.586. The molecule has 3 aromatic carbocycles. The molecule has 1 heterocycles. The van der Waals surface area contributed by atoms with E-state index in [1.54, 1.807) is 18.2 Å². The van der Waals surface area contributed by atoms with Gasteiger partial charge in [0.1, 0.15) is 5.82 Å². The lowest BCUT2D eigenvalue weighted by molar-refractivity contribution is 1.31. The first-order valence-corrected chi connectivity index (χ1v) is 10.1. The van der Waals surface area contributed by atoms with Crippen molar-refractivity contribution in [2.24, 2.45) is 0 Å². The molecular formula is C21H11Cl5N2. The van der Waals surface area contributed by atoms with Crippen LogP contribution in [0.2, 0.25) is 25.1 Å². The molecule has 1 N–H and O–H groups in total. The first-order valence-electron chi connectivity index (χ1n) is 8.21. The van der Waals surface area contributed by atoms with Gasteiger partial charge < -0.3 is 4.98 Å². The molecule has 0 amide bonds. The van der Waals surface area contributed by atoms with Crippen molar-refractivity contribution in [3.05, 3.63) is 85.8 Å². The van der Waals surface area contributed by atoms with Crippen molar-refractivity contribution in [2.75, 3.05) is 0 Å². The van der Waals surface area contributed by atoms with Crippen molar-refractivity contribution < 1.29 is 0 Å². The molecular weight excluding hydrogens is 458 g/mol. The highest BCUT2D eigenvalue weighted by Crippen LogP contribution is 2.42. The molecule has 0 aliphatic rings. The Morgan fingerprint density at radius 1 is 0.571 bits per heavy atom. The molecule has 0 spiro atoms. The monoisotopic (exact) mass is 466 g/mol. The van der Waals surface area contributed by atoms with E-state index in [0.29, 0.717) is 53.5 Å². The standard InChI is InChI=1S/C21H11Cl5N2/c22-14-8-2-1-5-11(14)21-27-19(12-6-3-9-15(23)17(12)25)20(28-21)13-7-4-10-16(24)18(13)26/h1-10H,(H,27,28). The third-order valence-corrected chi connectivity index (χ3v) is 6.23. The van der Waals surface area contributed by atoms with Gasteiger partial charge in [-0.05, 0) is 24.3 Å². The fourth-order valence-corrected chi connectivity index (χ4v) is 3.94. The fraction of sp³-hybridized carbons (Fsp3) is 0. The first kappa shape index (κ1) is 19.6. The van der Waals surface area contributed by atoms with Gasteiger partial charge in [0.2, 0.25) is 0 Å². The van der Waals surface area contributed by atoms with Gasteiger partial charge in [-0.25, -0.2) is 4.98 Å². The Morgan fingerprint density at radius 3 is 1.79 bits per heavy atom. The minimum Gasteiger partial charge on any atom is -0.337 e. The molecule has 140 valence electrons. The summed E-state index contributed by atoms with van der Waals surface area (Å²) in [4.78, 5) is 8.10. The molecule has 0 fully saturated rings. The second-order valence-electron chi connectivity index (χ2n) is 5.99. The Kier molecular flexibility index (Phi) is 5.59. The van der Waals surface area contributed by atoms with Gasteiger partial charge in [-0.1, -0.05) is 94.4 Å². The molecule has 0 bridgehead atoms. The van der Waals surface area contributed by atoms with Crippen molar-refractivity contribution in [3.8, 4) is 33.9 Å². The van der Waals surface area contributed by atoms with Crippen LogP contribution >= 0.6 is 58.0 Å². The molecule has 1 aromatic heterocycles. The topological polar surface area (TPSA) is 28.7 Å². The number of hydrogen-bond donors (Lipinski definition) is 1. The number of benzene rings is 3. The van der Waals surface area contributed by atoms with Gasteiger partial charge in [0, 0.05) is 16.7 Å². The fourth-order valence-electron chi connectivity index (χ4n) is 2.93. The Hall–Kier alpha value is -1.68. The molecule has 0 atom stereocenters. The number of hydrogen-bond acceptors (Lipinski definition) is 1.